The zero-order chi connectivity index (χ0) is 26.3. The van der Waals surface area contributed by atoms with Crippen LogP contribution in [-0.2, 0) is 4.79 Å². The van der Waals surface area contributed by atoms with Gasteiger partial charge in [-0.15, -0.1) is 0 Å². The third-order valence-corrected chi connectivity index (χ3v) is 4.69. The normalized spacial score (nSPS) is 10.1. The SMILES string of the molecule is CC(C)C.COc1ccc(NCCNC(=O)CNC(=O)c2ccc(Oc3ccc(Cl)cc3)cc2)cc1. The highest BCUT2D eigenvalue weighted by Gasteiger charge is 2.08. The minimum Gasteiger partial charge on any atom is -0.497 e. The van der Waals surface area contributed by atoms with Gasteiger partial charge in [0.15, 0.2) is 0 Å². The number of rotatable bonds is 10. The highest BCUT2D eigenvalue weighted by atomic mass is 35.5. The van der Waals surface area contributed by atoms with Gasteiger partial charge in [-0.1, -0.05) is 32.4 Å². The molecule has 0 aliphatic rings. The maximum absolute atomic E-state index is 12.3. The number of hydrogen-bond donors (Lipinski definition) is 3. The minimum atomic E-state index is -0.338. The van der Waals surface area contributed by atoms with Crippen molar-refractivity contribution < 1.29 is 19.1 Å². The van der Waals surface area contributed by atoms with E-state index >= 15 is 0 Å². The molecule has 0 spiro atoms. The summed E-state index contributed by atoms with van der Waals surface area (Å²) >= 11 is 5.86. The van der Waals surface area contributed by atoms with Crippen molar-refractivity contribution in [3.8, 4) is 17.2 Å². The van der Waals surface area contributed by atoms with E-state index in [-0.39, 0.29) is 18.4 Å². The molecule has 0 atom stereocenters. The highest BCUT2D eigenvalue weighted by Crippen LogP contribution is 2.23. The summed E-state index contributed by atoms with van der Waals surface area (Å²) < 4.78 is 10.8. The summed E-state index contributed by atoms with van der Waals surface area (Å²) in [5, 5.41) is 9.18. The second-order valence-electron chi connectivity index (χ2n) is 8.50. The smallest absolute Gasteiger partial charge is 0.251 e. The van der Waals surface area contributed by atoms with Crippen LogP contribution in [-0.4, -0.2) is 38.6 Å². The number of benzene rings is 3. The van der Waals surface area contributed by atoms with Crippen molar-refractivity contribution >= 4 is 29.1 Å². The van der Waals surface area contributed by atoms with Crippen LogP contribution in [0.2, 0.25) is 5.02 Å². The molecule has 36 heavy (non-hydrogen) atoms. The van der Waals surface area contributed by atoms with Crippen LogP contribution in [0, 0.1) is 5.92 Å². The van der Waals surface area contributed by atoms with Gasteiger partial charge in [0.2, 0.25) is 5.91 Å². The summed E-state index contributed by atoms with van der Waals surface area (Å²) in [7, 11) is 1.61. The number of hydrogen-bond acceptors (Lipinski definition) is 5. The zero-order valence-electron chi connectivity index (χ0n) is 21.1. The standard InChI is InChI=1S/C24H24ClN3O4.C4H10/c1-31-20-12-6-19(7-13-20)26-14-15-27-23(29)16-28-24(30)17-2-8-21(9-3-17)32-22-10-4-18(25)5-11-22;1-4(2)3/h2-13,26H,14-16H2,1H3,(H,27,29)(H,28,30);4H,1-3H3. The molecule has 0 aliphatic heterocycles. The van der Waals surface area contributed by atoms with Crippen molar-refractivity contribution in [2.24, 2.45) is 5.92 Å². The van der Waals surface area contributed by atoms with Gasteiger partial charge < -0.3 is 25.4 Å². The van der Waals surface area contributed by atoms with Gasteiger partial charge in [0.05, 0.1) is 13.7 Å². The van der Waals surface area contributed by atoms with Crippen LogP contribution in [0.5, 0.6) is 17.2 Å². The van der Waals surface area contributed by atoms with E-state index in [9.17, 15) is 9.59 Å². The molecule has 3 rings (SSSR count). The lowest BCUT2D eigenvalue weighted by molar-refractivity contribution is -0.120. The number of amides is 2. The molecule has 192 valence electrons. The number of halogens is 1. The summed E-state index contributed by atoms with van der Waals surface area (Å²) in [5.74, 6) is 2.24. The Balaban J connectivity index is 0.00000106. The molecular weight excluding hydrogens is 478 g/mol. The largest absolute Gasteiger partial charge is 0.497 e. The third kappa shape index (κ3) is 11.1. The maximum atomic E-state index is 12.3. The van der Waals surface area contributed by atoms with Crippen LogP contribution in [0.4, 0.5) is 5.69 Å². The van der Waals surface area contributed by atoms with Crippen LogP contribution < -0.4 is 25.4 Å². The number of carbonyl (C=O) groups excluding carboxylic acids is 2. The Bertz CT molecular complexity index is 1070. The van der Waals surface area contributed by atoms with E-state index < -0.39 is 0 Å². The topological polar surface area (TPSA) is 88.7 Å². The molecule has 0 saturated heterocycles. The minimum absolute atomic E-state index is 0.107. The fraction of sp³-hybridized carbons (Fsp3) is 0.286. The van der Waals surface area contributed by atoms with Crippen LogP contribution >= 0.6 is 11.6 Å². The summed E-state index contributed by atoms with van der Waals surface area (Å²) in [6.07, 6.45) is 0. The Hall–Kier alpha value is -3.71. The zero-order valence-corrected chi connectivity index (χ0v) is 21.9. The van der Waals surface area contributed by atoms with Crippen molar-refractivity contribution in [1.29, 1.82) is 0 Å². The second kappa shape index (κ2) is 15.3. The van der Waals surface area contributed by atoms with Gasteiger partial charge in [0, 0.05) is 29.4 Å². The van der Waals surface area contributed by atoms with Crippen molar-refractivity contribution in [2.75, 3.05) is 32.1 Å². The Morgan fingerprint density at radius 2 is 1.31 bits per heavy atom. The van der Waals surface area contributed by atoms with Gasteiger partial charge in [0.25, 0.3) is 5.91 Å². The number of anilines is 1. The fourth-order valence-electron chi connectivity index (χ4n) is 2.76. The molecule has 3 N–H and O–H groups in total. The predicted octanol–water partition coefficient (Wildman–Crippen LogP) is 5.76. The molecule has 0 unspecified atom stereocenters. The lowest BCUT2D eigenvalue weighted by Gasteiger charge is -2.10. The molecule has 8 heteroatoms. The van der Waals surface area contributed by atoms with Crippen molar-refractivity contribution in [3.63, 3.8) is 0 Å². The van der Waals surface area contributed by atoms with E-state index in [2.05, 4.69) is 36.7 Å². The Morgan fingerprint density at radius 3 is 1.86 bits per heavy atom. The summed E-state index contributed by atoms with van der Waals surface area (Å²) in [6, 6.07) is 21.1. The lowest BCUT2D eigenvalue weighted by Crippen LogP contribution is -2.38. The molecule has 0 bridgehead atoms. The van der Waals surface area contributed by atoms with Gasteiger partial charge in [-0.25, -0.2) is 0 Å². The second-order valence-corrected chi connectivity index (χ2v) is 8.94. The molecular formula is C28H34ClN3O4. The van der Waals surface area contributed by atoms with E-state index in [0.29, 0.717) is 35.2 Å². The quantitative estimate of drug-likeness (QED) is 0.301. The first-order valence-electron chi connectivity index (χ1n) is 11.7. The van der Waals surface area contributed by atoms with E-state index in [1.54, 1.807) is 55.6 Å². The Morgan fingerprint density at radius 1 is 0.778 bits per heavy atom. The van der Waals surface area contributed by atoms with Gasteiger partial charge in [-0.3, -0.25) is 9.59 Å². The number of ether oxygens (including phenoxy) is 2. The first-order chi connectivity index (χ1) is 17.3. The number of nitrogens with one attached hydrogen (secondary N) is 3. The lowest BCUT2D eigenvalue weighted by atomic mass is 10.2. The molecule has 2 amide bonds. The monoisotopic (exact) mass is 511 g/mol. The summed E-state index contributed by atoms with van der Waals surface area (Å²) in [4.78, 5) is 24.2. The first-order valence-corrected chi connectivity index (χ1v) is 12.1. The molecule has 0 radical (unpaired) electrons. The maximum Gasteiger partial charge on any atom is 0.251 e. The fourth-order valence-corrected chi connectivity index (χ4v) is 2.88. The Labute approximate surface area is 218 Å². The van der Waals surface area contributed by atoms with Crippen LogP contribution in [0.1, 0.15) is 31.1 Å². The van der Waals surface area contributed by atoms with Gasteiger partial charge in [-0.2, -0.15) is 0 Å². The van der Waals surface area contributed by atoms with Gasteiger partial charge in [-0.05, 0) is 78.7 Å². The third-order valence-electron chi connectivity index (χ3n) is 4.44. The van der Waals surface area contributed by atoms with E-state index in [4.69, 9.17) is 21.1 Å². The summed E-state index contributed by atoms with van der Waals surface area (Å²) in [6.45, 7) is 7.38. The Kier molecular flexibility index (Phi) is 12.1. The van der Waals surface area contributed by atoms with Crippen LogP contribution in [0.3, 0.4) is 0 Å². The average Bonchev–Trinajstić information content (AvgIpc) is 2.87. The molecule has 0 saturated carbocycles. The summed E-state index contributed by atoms with van der Waals surface area (Å²) in [5.41, 5.74) is 1.36. The molecule has 0 aromatic heterocycles. The number of methoxy groups -OCH3 is 1. The van der Waals surface area contributed by atoms with Gasteiger partial charge >= 0.3 is 0 Å². The molecule has 7 nitrogen and oxygen atoms in total. The molecule has 3 aromatic rings. The van der Waals surface area contributed by atoms with Crippen molar-refractivity contribution in [1.82, 2.24) is 10.6 Å². The molecule has 0 aliphatic carbocycles. The van der Waals surface area contributed by atoms with Crippen LogP contribution in [0.25, 0.3) is 0 Å². The first kappa shape index (κ1) is 28.5. The molecule has 0 fully saturated rings. The van der Waals surface area contributed by atoms with Crippen LogP contribution in [0.15, 0.2) is 72.8 Å². The number of carbonyl (C=O) groups is 2. The van der Waals surface area contributed by atoms with E-state index in [1.165, 1.54) is 0 Å². The molecule has 0 heterocycles. The van der Waals surface area contributed by atoms with E-state index in [1.807, 2.05) is 24.3 Å². The van der Waals surface area contributed by atoms with E-state index in [0.717, 1.165) is 17.4 Å². The predicted molar refractivity (Wildman–Crippen MR) is 145 cm³/mol. The molecule has 3 aromatic carbocycles. The highest BCUT2D eigenvalue weighted by molar-refractivity contribution is 6.30. The average molecular weight is 512 g/mol. The van der Waals surface area contributed by atoms with Crippen molar-refractivity contribution in [3.05, 3.63) is 83.4 Å². The van der Waals surface area contributed by atoms with Crippen molar-refractivity contribution in [2.45, 2.75) is 20.8 Å². The van der Waals surface area contributed by atoms with Gasteiger partial charge in [0.1, 0.15) is 17.2 Å².